The van der Waals surface area contributed by atoms with Crippen molar-refractivity contribution in [2.75, 3.05) is 5.32 Å². The smallest absolute Gasteiger partial charge is 0.296 e. The van der Waals surface area contributed by atoms with E-state index in [9.17, 15) is 14.0 Å². The van der Waals surface area contributed by atoms with Gasteiger partial charge in [0.2, 0.25) is 0 Å². The zero-order valence-electron chi connectivity index (χ0n) is 14.2. The van der Waals surface area contributed by atoms with Crippen LogP contribution in [0.15, 0.2) is 42.6 Å². The van der Waals surface area contributed by atoms with Crippen LogP contribution in [0.3, 0.4) is 0 Å². The van der Waals surface area contributed by atoms with Crippen molar-refractivity contribution in [1.29, 1.82) is 0 Å². The Hall–Kier alpha value is -2.95. The number of anilines is 1. The van der Waals surface area contributed by atoms with E-state index < -0.39 is 17.5 Å². The second-order valence-corrected chi connectivity index (χ2v) is 5.83. The van der Waals surface area contributed by atoms with Gasteiger partial charge in [0, 0.05) is 22.8 Å². The summed E-state index contributed by atoms with van der Waals surface area (Å²) in [5.74, 6) is -1.86. The van der Waals surface area contributed by atoms with Gasteiger partial charge < -0.3 is 10.3 Å². The van der Waals surface area contributed by atoms with Gasteiger partial charge in [0.25, 0.3) is 11.7 Å². The second-order valence-electron chi connectivity index (χ2n) is 5.83. The number of halogens is 1. The average Bonchev–Trinajstić information content (AvgIpc) is 3.04. The van der Waals surface area contributed by atoms with Crippen molar-refractivity contribution < 1.29 is 14.0 Å². The van der Waals surface area contributed by atoms with Gasteiger partial charge in [-0.25, -0.2) is 4.39 Å². The van der Waals surface area contributed by atoms with Crippen LogP contribution in [0.1, 0.15) is 35.3 Å². The summed E-state index contributed by atoms with van der Waals surface area (Å²) < 4.78 is 13.5. The van der Waals surface area contributed by atoms with Crippen molar-refractivity contribution in [2.24, 2.45) is 0 Å². The van der Waals surface area contributed by atoms with Gasteiger partial charge in [-0.1, -0.05) is 32.0 Å². The van der Waals surface area contributed by atoms with Gasteiger partial charge in [-0.05, 0) is 42.2 Å². The lowest BCUT2D eigenvalue weighted by molar-refractivity contribution is -0.112. The van der Waals surface area contributed by atoms with E-state index in [1.54, 1.807) is 6.07 Å². The lowest BCUT2D eigenvalue weighted by Crippen LogP contribution is -2.24. The number of rotatable bonds is 5. The molecule has 5 heteroatoms. The summed E-state index contributed by atoms with van der Waals surface area (Å²) >= 11 is 0. The fraction of sp³-hybridized carbons (Fsp3) is 0.200. The van der Waals surface area contributed by atoms with Crippen LogP contribution in [0.4, 0.5) is 10.1 Å². The molecule has 0 aliphatic rings. The Bertz CT molecular complexity index is 937. The minimum atomic E-state index is -0.722. The third-order valence-corrected chi connectivity index (χ3v) is 4.33. The highest BCUT2D eigenvalue weighted by molar-refractivity contribution is 6.48. The van der Waals surface area contributed by atoms with Crippen LogP contribution in [0.2, 0.25) is 0 Å². The monoisotopic (exact) mass is 338 g/mol. The summed E-state index contributed by atoms with van der Waals surface area (Å²) in [4.78, 5) is 28.0. The first-order chi connectivity index (χ1) is 12.0. The van der Waals surface area contributed by atoms with E-state index >= 15 is 0 Å². The van der Waals surface area contributed by atoms with E-state index in [4.69, 9.17) is 0 Å². The van der Waals surface area contributed by atoms with Crippen LogP contribution in [-0.2, 0) is 17.6 Å². The number of carbonyl (C=O) groups is 2. The molecule has 0 bridgehead atoms. The Morgan fingerprint density at radius 2 is 1.76 bits per heavy atom. The van der Waals surface area contributed by atoms with Gasteiger partial charge in [0.05, 0.1) is 5.56 Å². The number of hydrogen-bond acceptors (Lipinski definition) is 2. The van der Waals surface area contributed by atoms with Gasteiger partial charge >= 0.3 is 0 Å². The van der Waals surface area contributed by atoms with Crippen LogP contribution < -0.4 is 5.32 Å². The van der Waals surface area contributed by atoms with E-state index in [-0.39, 0.29) is 5.56 Å². The predicted molar refractivity (Wildman–Crippen MR) is 96.4 cm³/mol. The van der Waals surface area contributed by atoms with Gasteiger partial charge in [-0.3, -0.25) is 9.59 Å². The number of amides is 1. The highest BCUT2D eigenvalue weighted by Gasteiger charge is 2.22. The molecule has 0 aliphatic heterocycles. The van der Waals surface area contributed by atoms with Crippen molar-refractivity contribution in [3.63, 3.8) is 0 Å². The Balaban J connectivity index is 1.94. The summed E-state index contributed by atoms with van der Waals surface area (Å²) in [6, 6.07) is 9.90. The number of nitrogens with one attached hydrogen (secondary N) is 2. The van der Waals surface area contributed by atoms with Crippen LogP contribution in [0, 0.1) is 5.82 Å². The fourth-order valence-electron chi connectivity index (χ4n) is 2.98. The molecule has 4 nitrogen and oxygen atoms in total. The molecule has 0 saturated carbocycles. The van der Waals surface area contributed by atoms with Gasteiger partial charge in [0.1, 0.15) is 5.82 Å². The molecule has 128 valence electrons. The third-order valence-electron chi connectivity index (χ3n) is 4.33. The number of fused-ring (bicyclic) bond motifs is 1. The minimum Gasteiger partial charge on any atom is -0.360 e. The van der Waals surface area contributed by atoms with Crippen molar-refractivity contribution >= 4 is 28.3 Å². The number of H-pyrrole nitrogens is 1. The molecule has 0 saturated heterocycles. The van der Waals surface area contributed by atoms with Crippen molar-refractivity contribution in [1.82, 2.24) is 4.98 Å². The molecule has 2 aromatic carbocycles. The molecule has 0 spiro atoms. The third kappa shape index (κ3) is 3.18. The Labute approximate surface area is 145 Å². The summed E-state index contributed by atoms with van der Waals surface area (Å²) in [5.41, 5.74) is 3.42. The highest BCUT2D eigenvalue weighted by atomic mass is 19.1. The summed E-state index contributed by atoms with van der Waals surface area (Å²) in [6.45, 7) is 3.99. The van der Waals surface area contributed by atoms with Crippen LogP contribution >= 0.6 is 0 Å². The average molecular weight is 338 g/mol. The fourth-order valence-corrected chi connectivity index (χ4v) is 2.98. The number of benzene rings is 2. The van der Waals surface area contributed by atoms with Gasteiger partial charge in [-0.2, -0.15) is 0 Å². The van der Waals surface area contributed by atoms with Crippen molar-refractivity contribution in [2.45, 2.75) is 26.7 Å². The number of aryl methyl sites for hydroxylation is 2. The Morgan fingerprint density at radius 3 is 2.40 bits per heavy atom. The first-order valence-corrected chi connectivity index (χ1v) is 8.28. The molecule has 3 rings (SSSR count). The lowest BCUT2D eigenvalue weighted by atomic mass is 10.0. The quantitative estimate of drug-likeness (QED) is 0.539. The molecule has 3 aromatic rings. The maximum atomic E-state index is 13.5. The van der Waals surface area contributed by atoms with E-state index in [0.29, 0.717) is 16.6 Å². The number of aromatic amines is 1. The normalized spacial score (nSPS) is 10.8. The first kappa shape index (κ1) is 16.9. The van der Waals surface area contributed by atoms with Crippen LogP contribution in [0.25, 0.3) is 10.9 Å². The van der Waals surface area contributed by atoms with Crippen molar-refractivity contribution in [3.8, 4) is 0 Å². The molecule has 25 heavy (non-hydrogen) atoms. The number of Topliss-reactive ketones (excluding diaryl/α,β-unsaturated/α-hetero) is 1. The number of ketones is 1. The molecule has 0 radical (unpaired) electrons. The van der Waals surface area contributed by atoms with Crippen LogP contribution in [-0.4, -0.2) is 16.7 Å². The molecule has 1 amide bonds. The SMILES string of the molecule is CCc1cccc(CC)c1NC(=O)C(=O)c1c[nH]c2ccc(F)cc12. The first-order valence-electron chi connectivity index (χ1n) is 8.28. The molecular weight excluding hydrogens is 319 g/mol. The van der Waals surface area contributed by atoms with E-state index in [2.05, 4.69) is 10.3 Å². The summed E-state index contributed by atoms with van der Waals surface area (Å²) in [5, 5.41) is 3.15. The number of aromatic nitrogens is 1. The molecule has 1 heterocycles. The molecular formula is C20H19FN2O2. The molecule has 0 atom stereocenters. The topological polar surface area (TPSA) is 62.0 Å². The Kier molecular flexibility index (Phi) is 4.65. The summed E-state index contributed by atoms with van der Waals surface area (Å²) in [7, 11) is 0. The number of carbonyl (C=O) groups excluding carboxylic acids is 2. The van der Waals surface area contributed by atoms with Gasteiger partial charge in [0.15, 0.2) is 0 Å². The zero-order valence-corrected chi connectivity index (χ0v) is 14.2. The second kappa shape index (κ2) is 6.89. The number of para-hydroxylation sites is 1. The molecule has 1 aromatic heterocycles. The molecule has 0 fully saturated rings. The van der Waals surface area contributed by atoms with E-state index in [1.807, 2.05) is 32.0 Å². The molecule has 2 N–H and O–H groups in total. The Morgan fingerprint density at radius 1 is 1.08 bits per heavy atom. The summed E-state index contributed by atoms with van der Waals surface area (Å²) in [6.07, 6.45) is 2.93. The maximum absolute atomic E-state index is 13.5. The highest BCUT2D eigenvalue weighted by Crippen LogP contribution is 2.24. The van der Waals surface area contributed by atoms with E-state index in [0.717, 1.165) is 24.0 Å². The lowest BCUT2D eigenvalue weighted by Gasteiger charge is -2.13. The van der Waals surface area contributed by atoms with Crippen molar-refractivity contribution in [3.05, 3.63) is 65.1 Å². The zero-order chi connectivity index (χ0) is 18.0. The maximum Gasteiger partial charge on any atom is 0.296 e. The van der Waals surface area contributed by atoms with Crippen LogP contribution in [0.5, 0.6) is 0 Å². The standard InChI is InChI=1S/C20H19FN2O2/c1-3-12-6-5-7-13(4-2)18(12)23-20(25)19(24)16-11-22-17-9-8-14(21)10-15(16)17/h5-11,22H,3-4H2,1-2H3,(H,23,25). The van der Waals surface area contributed by atoms with Gasteiger partial charge in [-0.15, -0.1) is 0 Å². The minimum absolute atomic E-state index is 0.166. The molecule has 0 unspecified atom stereocenters. The predicted octanol–water partition coefficient (Wildman–Crippen LogP) is 4.25. The molecule has 0 aliphatic carbocycles. The largest absolute Gasteiger partial charge is 0.360 e. The van der Waals surface area contributed by atoms with E-state index in [1.165, 1.54) is 18.3 Å². The number of hydrogen-bond donors (Lipinski definition) is 2.